The van der Waals surface area contributed by atoms with E-state index in [-0.39, 0.29) is 0 Å². The van der Waals surface area contributed by atoms with Crippen molar-refractivity contribution in [2.45, 2.75) is 6.29 Å². The first-order valence-electron chi connectivity index (χ1n) is 2.34. The van der Waals surface area contributed by atoms with E-state index in [1.165, 1.54) is 0 Å². The first kappa shape index (κ1) is 7.91. The molecule has 0 amide bonds. The Bertz CT molecular complexity index is 128. The van der Waals surface area contributed by atoms with Gasteiger partial charge in [0, 0.05) is 6.08 Å². The van der Waals surface area contributed by atoms with Crippen molar-refractivity contribution in [2.75, 3.05) is 0 Å². The molecule has 3 heteroatoms. The maximum Gasteiger partial charge on any atom is 0.332 e. The van der Waals surface area contributed by atoms with Crippen LogP contribution in [-0.2, 0) is 9.53 Å². The van der Waals surface area contributed by atoms with E-state index < -0.39 is 12.3 Å². The number of aliphatic hydroxyl groups is 1. The predicted octanol–water partition coefficient (Wildman–Crippen LogP) is 0.220. The van der Waals surface area contributed by atoms with Gasteiger partial charge in [-0.1, -0.05) is 13.2 Å². The van der Waals surface area contributed by atoms with Gasteiger partial charge in [-0.25, -0.2) is 4.79 Å². The largest absolute Gasteiger partial charge is 0.429 e. The smallest absolute Gasteiger partial charge is 0.332 e. The summed E-state index contributed by atoms with van der Waals surface area (Å²) in [5.41, 5.74) is 0. The monoisotopic (exact) mass is 128 g/mol. The van der Waals surface area contributed by atoms with Crippen molar-refractivity contribution in [1.82, 2.24) is 0 Å². The van der Waals surface area contributed by atoms with Crippen molar-refractivity contribution >= 4 is 5.97 Å². The molecular weight excluding hydrogens is 120 g/mol. The number of carbonyl (C=O) groups is 1. The molecule has 1 N–H and O–H groups in total. The molecule has 9 heavy (non-hydrogen) atoms. The summed E-state index contributed by atoms with van der Waals surface area (Å²) in [4.78, 5) is 10.2. The molecule has 0 radical (unpaired) electrons. The number of aliphatic hydroxyl groups excluding tert-OH is 1. The number of carbonyl (C=O) groups excluding carboxylic acids is 1. The van der Waals surface area contributed by atoms with Crippen LogP contribution in [-0.4, -0.2) is 17.4 Å². The molecule has 0 aliphatic rings. The van der Waals surface area contributed by atoms with Crippen LogP contribution < -0.4 is 0 Å². The normalized spacial score (nSPS) is 11.7. The number of hydrogen-bond donors (Lipinski definition) is 1. The molecule has 0 saturated heterocycles. The van der Waals surface area contributed by atoms with Crippen LogP contribution in [0.2, 0.25) is 0 Å². The van der Waals surface area contributed by atoms with Crippen molar-refractivity contribution < 1.29 is 14.6 Å². The lowest BCUT2D eigenvalue weighted by molar-refractivity contribution is -0.154. The Labute approximate surface area is 53.3 Å². The Morgan fingerprint density at radius 2 is 2.22 bits per heavy atom. The number of hydrogen-bond acceptors (Lipinski definition) is 3. The average molecular weight is 128 g/mol. The van der Waals surface area contributed by atoms with Crippen molar-refractivity contribution in [2.24, 2.45) is 0 Å². The zero-order valence-corrected chi connectivity index (χ0v) is 4.91. The molecule has 0 fully saturated rings. The zero-order valence-electron chi connectivity index (χ0n) is 4.91. The van der Waals surface area contributed by atoms with Crippen molar-refractivity contribution in [3.8, 4) is 0 Å². The highest BCUT2D eigenvalue weighted by Crippen LogP contribution is 1.87. The summed E-state index contributed by atoms with van der Waals surface area (Å²) in [6.45, 7) is 6.31. The van der Waals surface area contributed by atoms with Gasteiger partial charge in [0.1, 0.15) is 0 Å². The standard InChI is InChI=1S/C6H8O3/c1-3-5(7)9-6(8)4-2/h3-5,7H,1-2H2. The van der Waals surface area contributed by atoms with Crippen LogP contribution in [0.15, 0.2) is 25.3 Å². The maximum atomic E-state index is 10.2. The summed E-state index contributed by atoms with van der Waals surface area (Å²) < 4.78 is 4.23. The SMILES string of the molecule is C=CC(=O)OC(O)C=C. The van der Waals surface area contributed by atoms with Crippen LogP contribution in [0.5, 0.6) is 0 Å². The highest BCUT2D eigenvalue weighted by molar-refractivity contribution is 5.81. The average Bonchev–Trinajstić information content (AvgIpc) is 1.87. The molecule has 3 nitrogen and oxygen atoms in total. The van der Waals surface area contributed by atoms with Crippen LogP contribution in [0.4, 0.5) is 0 Å². The fourth-order valence-corrected chi connectivity index (χ4v) is 0.215. The topological polar surface area (TPSA) is 46.5 Å². The van der Waals surface area contributed by atoms with E-state index in [1.54, 1.807) is 0 Å². The van der Waals surface area contributed by atoms with Crippen LogP contribution in [0.1, 0.15) is 0 Å². The van der Waals surface area contributed by atoms with Crippen LogP contribution in [0.25, 0.3) is 0 Å². The minimum absolute atomic E-state index is 0.664. The summed E-state index contributed by atoms with van der Waals surface area (Å²) in [5, 5.41) is 8.55. The number of rotatable bonds is 3. The van der Waals surface area contributed by atoms with Crippen molar-refractivity contribution in [3.05, 3.63) is 25.3 Å². The van der Waals surface area contributed by atoms with Crippen molar-refractivity contribution in [3.63, 3.8) is 0 Å². The third-order valence-corrected chi connectivity index (χ3v) is 0.605. The Morgan fingerprint density at radius 1 is 1.67 bits per heavy atom. The molecule has 50 valence electrons. The first-order valence-corrected chi connectivity index (χ1v) is 2.34. The van der Waals surface area contributed by atoms with Crippen LogP contribution >= 0.6 is 0 Å². The van der Waals surface area contributed by atoms with Gasteiger partial charge in [0.15, 0.2) is 0 Å². The van der Waals surface area contributed by atoms with E-state index in [0.717, 1.165) is 12.2 Å². The van der Waals surface area contributed by atoms with Gasteiger partial charge in [-0.05, 0) is 6.08 Å². The van der Waals surface area contributed by atoms with Gasteiger partial charge in [0.2, 0.25) is 6.29 Å². The molecule has 1 unspecified atom stereocenters. The van der Waals surface area contributed by atoms with Gasteiger partial charge in [0.25, 0.3) is 0 Å². The molecule has 0 aromatic carbocycles. The predicted molar refractivity (Wildman–Crippen MR) is 32.5 cm³/mol. The molecule has 0 saturated carbocycles. The lowest BCUT2D eigenvalue weighted by Crippen LogP contribution is -2.12. The molecule has 1 atom stereocenters. The Hall–Kier alpha value is -1.09. The van der Waals surface area contributed by atoms with E-state index >= 15 is 0 Å². The lowest BCUT2D eigenvalue weighted by Gasteiger charge is -2.02. The lowest BCUT2D eigenvalue weighted by atomic mass is 10.6. The number of esters is 1. The molecule has 0 aromatic heterocycles. The highest BCUT2D eigenvalue weighted by Gasteiger charge is 2.00. The van der Waals surface area contributed by atoms with Crippen LogP contribution in [0, 0.1) is 0 Å². The van der Waals surface area contributed by atoms with E-state index in [1.807, 2.05) is 0 Å². The Morgan fingerprint density at radius 3 is 2.56 bits per heavy atom. The first-order chi connectivity index (χ1) is 4.20. The van der Waals surface area contributed by atoms with E-state index in [4.69, 9.17) is 5.11 Å². The fraction of sp³-hybridized carbons (Fsp3) is 0.167. The second-order valence-corrected chi connectivity index (χ2v) is 1.27. The highest BCUT2D eigenvalue weighted by atomic mass is 16.6. The minimum atomic E-state index is -1.23. The molecule has 0 spiro atoms. The zero-order chi connectivity index (χ0) is 7.28. The molecule has 0 aromatic rings. The summed E-state index contributed by atoms with van der Waals surface area (Å²) in [6.07, 6.45) is 0.837. The van der Waals surface area contributed by atoms with Gasteiger partial charge in [-0.15, -0.1) is 0 Å². The van der Waals surface area contributed by atoms with E-state index in [9.17, 15) is 4.79 Å². The third kappa shape index (κ3) is 3.49. The molecule has 0 heterocycles. The second kappa shape index (κ2) is 3.86. The Kier molecular flexibility index (Phi) is 3.39. The van der Waals surface area contributed by atoms with Gasteiger partial charge in [0.05, 0.1) is 0 Å². The van der Waals surface area contributed by atoms with E-state index in [2.05, 4.69) is 17.9 Å². The maximum absolute atomic E-state index is 10.2. The van der Waals surface area contributed by atoms with Crippen LogP contribution in [0.3, 0.4) is 0 Å². The fourth-order valence-electron chi connectivity index (χ4n) is 0.215. The van der Waals surface area contributed by atoms with Crippen molar-refractivity contribution in [1.29, 1.82) is 0 Å². The minimum Gasteiger partial charge on any atom is -0.429 e. The van der Waals surface area contributed by atoms with Gasteiger partial charge in [-0.3, -0.25) is 0 Å². The van der Waals surface area contributed by atoms with E-state index in [0.29, 0.717) is 0 Å². The molecule has 0 aliphatic heterocycles. The van der Waals surface area contributed by atoms with Gasteiger partial charge in [-0.2, -0.15) is 0 Å². The summed E-state index contributed by atoms with van der Waals surface area (Å²) in [6, 6.07) is 0. The molecule has 0 bridgehead atoms. The summed E-state index contributed by atoms with van der Waals surface area (Å²) in [5.74, 6) is -0.664. The Balaban J connectivity index is 3.58. The molecule has 0 rings (SSSR count). The van der Waals surface area contributed by atoms with Gasteiger partial charge < -0.3 is 9.84 Å². The second-order valence-electron chi connectivity index (χ2n) is 1.27. The summed E-state index contributed by atoms with van der Waals surface area (Å²) in [7, 11) is 0. The molecular formula is C6H8O3. The summed E-state index contributed by atoms with van der Waals surface area (Å²) >= 11 is 0. The molecule has 0 aliphatic carbocycles. The number of ether oxygens (including phenoxy) is 1. The van der Waals surface area contributed by atoms with Gasteiger partial charge >= 0.3 is 5.97 Å². The third-order valence-electron chi connectivity index (χ3n) is 0.605. The quantitative estimate of drug-likeness (QED) is 0.256.